The molecule has 0 bridgehead atoms. The molecule has 0 amide bonds. The third-order valence-electron chi connectivity index (χ3n) is 4.23. The van der Waals surface area contributed by atoms with E-state index in [9.17, 15) is 0 Å². The molecule has 0 radical (unpaired) electrons. The van der Waals surface area contributed by atoms with E-state index in [1.807, 2.05) is 41.0 Å². The Balaban J connectivity index is 1.52. The molecule has 4 aromatic rings. The van der Waals surface area contributed by atoms with Crippen LogP contribution in [0.15, 0.2) is 49.1 Å². The highest BCUT2D eigenvalue weighted by Crippen LogP contribution is 2.22. The van der Waals surface area contributed by atoms with Gasteiger partial charge in [-0.05, 0) is 6.07 Å². The van der Waals surface area contributed by atoms with Crippen molar-refractivity contribution in [1.82, 2.24) is 34.6 Å². The average Bonchev–Trinajstić information content (AvgIpc) is 3.36. The van der Waals surface area contributed by atoms with Gasteiger partial charge in [-0.25, -0.2) is 0 Å². The number of anilines is 1. The minimum atomic E-state index is 0.629. The molecule has 0 saturated carbocycles. The number of fused-ring (bicyclic) bond motifs is 1. The molecule has 1 N–H and O–H groups in total. The van der Waals surface area contributed by atoms with Crippen LogP contribution in [0, 0.1) is 0 Å². The zero-order valence-corrected chi connectivity index (χ0v) is 15.0. The maximum absolute atomic E-state index is 5.12. The number of hydrogen-bond donors (Lipinski definition) is 1. The molecule has 9 heteroatoms. The maximum Gasteiger partial charge on any atom is 0.200 e. The molecular weight excluding hydrogens is 344 g/mol. The van der Waals surface area contributed by atoms with E-state index >= 15 is 0 Å². The van der Waals surface area contributed by atoms with Gasteiger partial charge in [0.05, 0.1) is 18.0 Å². The minimum Gasteiger partial charge on any atom is -0.383 e. The molecular formula is C18H20N8O. The Morgan fingerprint density at radius 1 is 1.07 bits per heavy atom. The third-order valence-corrected chi connectivity index (χ3v) is 4.23. The van der Waals surface area contributed by atoms with Gasteiger partial charge in [-0.2, -0.15) is 9.61 Å². The van der Waals surface area contributed by atoms with Crippen molar-refractivity contribution in [3.05, 3.63) is 54.9 Å². The Kier molecular flexibility index (Phi) is 5.01. The zero-order valence-electron chi connectivity index (χ0n) is 15.0. The first-order chi connectivity index (χ1) is 13.3. The SMILES string of the molecule is COCCn1cnnc1CCNc1cc(-c2ccccc2)nn2cnnc12. The fourth-order valence-electron chi connectivity index (χ4n) is 2.86. The van der Waals surface area contributed by atoms with Crippen LogP contribution in [-0.2, 0) is 17.7 Å². The van der Waals surface area contributed by atoms with E-state index in [0.29, 0.717) is 18.8 Å². The van der Waals surface area contributed by atoms with E-state index in [-0.39, 0.29) is 0 Å². The normalized spacial score (nSPS) is 11.1. The summed E-state index contributed by atoms with van der Waals surface area (Å²) in [5.74, 6) is 0.911. The summed E-state index contributed by atoms with van der Waals surface area (Å²) in [5, 5.41) is 24.3. The Morgan fingerprint density at radius 2 is 1.93 bits per heavy atom. The van der Waals surface area contributed by atoms with Gasteiger partial charge in [-0.1, -0.05) is 30.3 Å². The largest absolute Gasteiger partial charge is 0.383 e. The zero-order chi connectivity index (χ0) is 18.5. The molecule has 9 nitrogen and oxygen atoms in total. The number of nitrogens with zero attached hydrogens (tertiary/aromatic N) is 7. The number of hydrogen-bond acceptors (Lipinski definition) is 7. The highest BCUT2D eigenvalue weighted by atomic mass is 16.5. The van der Waals surface area contributed by atoms with Crippen LogP contribution >= 0.6 is 0 Å². The molecule has 0 aliphatic heterocycles. The van der Waals surface area contributed by atoms with Crippen LogP contribution < -0.4 is 5.32 Å². The van der Waals surface area contributed by atoms with Gasteiger partial charge in [0.1, 0.15) is 18.5 Å². The average molecular weight is 364 g/mol. The lowest BCUT2D eigenvalue weighted by atomic mass is 10.1. The van der Waals surface area contributed by atoms with Gasteiger partial charge in [0.15, 0.2) is 0 Å². The van der Waals surface area contributed by atoms with Crippen molar-refractivity contribution < 1.29 is 4.74 Å². The lowest BCUT2D eigenvalue weighted by Gasteiger charge is -2.10. The van der Waals surface area contributed by atoms with Crippen molar-refractivity contribution in [3.63, 3.8) is 0 Å². The molecule has 4 rings (SSSR count). The van der Waals surface area contributed by atoms with Crippen molar-refractivity contribution in [1.29, 1.82) is 0 Å². The van der Waals surface area contributed by atoms with E-state index in [4.69, 9.17) is 4.74 Å². The van der Waals surface area contributed by atoms with Crippen LogP contribution in [0.1, 0.15) is 5.82 Å². The first kappa shape index (κ1) is 17.1. The molecule has 3 aromatic heterocycles. The topological polar surface area (TPSA) is 95.0 Å². The van der Waals surface area contributed by atoms with Gasteiger partial charge in [-0.3, -0.25) is 0 Å². The standard InChI is InChI=1S/C18H20N8O/c1-27-10-9-25-12-20-22-17(25)7-8-19-16-11-15(14-5-3-2-4-6-14)24-26-13-21-23-18(16)26/h2-6,11-13,19H,7-10H2,1H3. The molecule has 0 fully saturated rings. The fourth-order valence-corrected chi connectivity index (χ4v) is 2.86. The minimum absolute atomic E-state index is 0.629. The summed E-state index contributed by atoms with van der Waals surface area (Å²) in [6, 6.07) is 12.0. The Bertz CT molecular complexity index is 1010. The Labute approximate surface area is 156 Å². The number of methoxy groups -OCH3 is 1. The molecule has 0 atom stereocenters. The van der Waals surface area contributed by atoms with Gasteiger partial charge >= 0.3 is 0 Å². The fraction of sp³-hybridized carbons (Fsp3) is 0.278. The summed E-state index contributed by atoms with van der Waals surface area (Å²) in [4.78, 5) is 0. The second-order valence-electron chi connectivity index (χ2n) is 6.02. The molecule has 138 valence electrons. The smallest absolute Gasteiger partial charge is 0.200 e. The van der Waals surface area contributed by atoms with Gasteiger partial charge in [0.2, 0.25) is 5.65 Å². The summed E-state index contributed by atoms with van der Waals surface area (Å²) in [7, 11) is 1.68. The van der Waals surface area contributed by atoms with Gasteiger partial charge in [0.25, 0.3) is 0 Å². The van der Waals surface area contributed by atoms with Crippen LogP contribution in [0.5, 0.6) is 0 Å². The number of aromatic nitrogens is 7. The summed E-state index contributed by atoms with van der Waals surface area (Å²) in [5.41, 5.74) is 3.46. The van der Waals surface area contributed by atoms with Crippen LogP contribution in [0.25, 0.3) is 16.9 Å². The van der Waals surface area contributed by atoms with Gasteiger partial charge in [-0.15, -0.1) is 20.4 Å². The highest BCUT2D eigenvalue weighted by Gasteiger charge is 2.10. The van der Waals surface area contributed by atoms with E-state index in [1.165, 1.54) is 0 Å². The van der Waals surface area contributed by atoms with Crippen LogP contribution in [0.2, 0.25) is 0 Å². The Morgan fingerprint density at radius 3 is 2.78 bits per heavy atom. The van der Waals surface area contributed by atoms with Crippen molar-refractivity contribution in [2.75, 3.05) is 25.6 Å². The van der Waals surface area contributed by atoms with Crippen molar-refractivity contribution in [2.45, 2.75) is 13.0 Å². The lowest BCUT2D eigenvalue weighted by molar-refractivity contribution is 0.186. The maximum atomic E-state index is 5.12. The molecule has 0 spiro atoms. The van der Waals surface area contributed by atoms with Crippen LogP contribution in [-0.4, -0.2) is 54.8 Å². The summed E-state index contributed by atoms with van der Waals surface area (Å²) < 4.78 is 8.81. The van der Waals surface area contributed by atoms with Crippen LogP contribution in [0.3, 0.4) is 0 Å². The van der Waals surface area contributed by atoms with E-state index in [2.05, 4.69) is 30.8 Å². The number of rotatable bonds is 8. The highest BCUT2D eigenvalue weighted by molar-refractivity contribution is 5.73. The van der Waals surface area contributed by atoms with E-state index in [0.717, 1.165) is 35.7 Å². The molecule has 0 unspecified atom stereocenters. The number of ether oxygens (including phenoxy) is 1. The number of benzene rings is 1. The third kappa shape index (κ3) is 3.77. The van der Waals surface area contributed by atoms with Crippen molar-refractivity contribution in [2.24, 2.45) is 0 Å². The summed E-state index contributed by atoms with van der Waals surface area (Å²) in [6.07, 6.45) is 4.06. The second-order valence-corrected chi connectivity index (χ2v) is 6.02. The molecule has 27 heavy (non-hydrogen) atoms. The first-order valence-corrected chi connectivity index (χ1v) is 8.71. The first-order valence-electron chi connectivity index (χ1n) is 8.71. The second kappa shape index (κ2) is 7.92. The predicted molar refractivity (Wildman–Crippen MR) is 100 cm³/mol. The summed E-state index contributed by atoms with van der Waals surface area (Å²) in [6.45, 7) is 2.05. The van der Waals surface area contributed by atoms with Gasteiger partial charge < -0.3 is 14.6 Å². The quantitative estimate of drug-likeness (QED) is 0.508. The lowest BCUT2D eigenvalue weighted by Crippen LogP contribution is -2.13. The molecule has 0 saturated heterocycles. The number of nitrogens with one attached hydrogen (secondary N) is 1. The van der Waals surface area contributed by atoms with Crippen molar-refractivity contribution >= 4 is 11.3 Å². The Hall–Kier alpha value is -3.33. The molecule has 0 aliphatic carbocycles. The molecule has 3 heterocycles. The van der Waals surface area contributed by atoms with E-state index in [1.54, 1.807) is 24.3 Å². The van der Waals surface area contributed by atoms with Crippen LogP contribution in [0.4, 0.5) is 5.69 Å². The predicted octanol–water partition coefficient (Wildman–Crippen LogP) is 1.68. The van der Waals surface area contributed by atoms with E-state index < -0.39 is 0 Å². The molecule has 1 aromatic carbocycles. The summed E-state index contributed by atoms with van der Waals surface area (Å²) >= 11 is 0. The monoisotopic (exact) mass is 364 g/mol. The molecule has 0 aliphatic rings. The van der Waals surface area contributed by atoms with Gasteiger partial charge in [0, 0.05) is 32.2 Å². The van der Waals surface area contributed by atoms with Crippen molar-refractivity contribution in [3.8, 4) is 11.3 Å².